The summed E-state index contributed by atoms with van der Waals surface area (Å²) in [5, 5.41) is 0. The molecule has 116 valence electrons. The van der Waals surface area contributed by atoms with E-state index in [0.29, 0.717) is 0 Å². The van der Waals surface area contributed by atoms with Gasteiger partial charge in [-0.25, -0.2) is 0 Å². The zero-order valence-corrected chi connectivity index (χ0v) is 15.1. The van der Waals surface area contributed by atoms with Crippen LogP contribution in [0.2, 0.25) is 0 Å². The van der Waals surface area contributed by atoms with Crippen LogP contribution in [-0.2, 0) is 0 Å². The van der Waals surface area contributed by atoms with Crippen molar-refractivity contribution in [2.75, 3.05) is 40.3 Å². The summed E-state index contributed by atoms with van der Waals surface area (Å²) in [5.74, 6) is 0. The Labute approximate surface area is 119 Å². The lowest BCUT2D eigenvalue weighted by Gasteiger charge is -2.13. The van der Waals surface area contributed by atoms with Crippen LogP contribution in [-0.4, -0.2) is 50.1 Å². The highest BCUT2D eigenvalue weighted by molar-refractivity contribution is 4.62. The first-order chi connectivity index (χ1) is 8.70. The van der Waals surface area contributed by atoms with Gasteiger partial charge in [0.1, 0.15) is 0 Å². The van der Waals surface area contributed by atoms with Gasteiger partial charge in [0.05, 0.1) is 0 Å². The number of likely N-dealkylation sites (N-methyl/N-ethyl adjacent to an activating group) is 2. The van der Waals surface area contributed by atoms with Crippen LogP contribution in [0.25, 0.3) is 0 Å². The van der Waals surface area contributed by atoms with E-state index in [2.05, 4.69) is 37.7 Å². The Balaban J connectivity index is -0.0000000925. The lowest BCUT2D eigenvalue weighted by atomic mass is 10.4. The Morgan fingerprint density at radius 1 is 0.611 bits per heavy atom. The van der Waals surface area contributed by atoms with Crippen molar-refractivity contribution < 1.29 is 0 Å². The molecule has 0 atom stereocenters. The number of hydrogen-bond donors (Lipinski definition) is 0. The van der Waals surface area contributed by atoms with Crippen molar-refractivity contribution in [1.29, 1.82) is 0 Å². The van der Waals surface area contributed by atoms with Crippen molar-refractivity contribution in [3.63, 3.8) is 0 Å². The maximum Gasteiger partial charge on any atom is 0.0106 e. The van der Waals surface area contributed by atoms with E-state index in [1.54, 1.807) is 0 Å². The summed E-state index contributed by atoms with van der Waals surface area (Å²) in [4.78, 5) is 4.78. The van der Waals surface area contributed by atoms with Crippen LogP contribution >= 0.6 is 0 Å². The van der Waals surface area contributed by atoms with Gasteiger partial charge in [0.15, 0.2) is 0 Å². The maximum atomic E-state index is 2.39. The standard InChI is InChI=1S/C7H16N2.C3H8.3C2H6/c1-8-4-3-5-9(2)7-6-8;1-3-2;3*1-2/h3-7H2,1-2H3;3H2,1-2H3;3*1-2H3. The first-order valence-corrected chi connectivity index (χ1v) is 8.07. The lowest BCUT2D eigenvalue weighted by Crippen LogP contribution is -2.25. The maximum absolute atomic E-state index is 2.39. The summed E-state index contributed by atoms with van der Waals surface area (Å²) in [6.45, 7) is 21.3. The molecule has 0 bridgehead atoms. The molecule has 0 aromatic heterocycles. The predicted molar refractivity (Wildman–Crippen MR) is 89.6 cm³/mol. The quantitative estimate of drug-likeness (QED) is 0.621. The van der Waals surface area contributed by atoms with Crippen molar-refractivity contribution in [1.82, 2.24) is 9.80 Å². The fourth-order valence-electron chi connectivity index (χ4n) is 1.18. The van der Waals surface area contributed by atoms with Gasteiger partial charge in [0.2, 0.25) is 0 Å². The van der Waals surface area contributed by atoms with Gasteiger partial charge in [0.25, 0.3) is 0 Å². The van der Waals surface area contributed by atoms with E-state index in [9.17, 15) is 0 Å². The van der Waals surface area contributed by atoms with E-state index in [1.807, 2.05) is 41.5 Å². The fourth-order valence-corrected chi connectivity index (χ4v) is 1.18. The van der Waals surface area contributed by atoms with E-state index in [0.717, 1.165) is 0 Å². The Morgan fingerprint density at radius 2 is 0.833 bits per heavy atom. The monoisotopic (exact) mass is 262 g/mol. The van der Waals surface area contributed by atoms with Crippen molar-refractivity contribution >= 4 is 0 Å². The van der Waals surface area contributed by atoms with Crippen molar-refractivity contribution in [2.45, 2.75) is 68.2 Å². The van der Waals surface area contributed by atoms with Crippen LogP contribution in [0, 0.1) is 0 Å². The summed E-state index contributed by atoms with van der Waals surface area (Å²) < 4.78 is 0. The molecule has 2 heteroatoms. The molecule has 1 aliphatic rings. The Bertz CT molecular complexity index is 85.1. The Hall–Kier alpha value is -0.0800. The molecule has 1 aliphatic heterocycles. The molecule has 1 rings (SSSR count). The molecule has 1 fully saturated rings. The van der Waals surface area contributed by atoms with Gasteiger partial charge in [-0.3, -0.25) is 0 Å². The average molecular weight is 263 g/mol. The molecule has 1 heterocycles. The zero-order valence-electron chi connectivity index (χ0n) is 15.1. The highest BCUT2D eigenvalue weighted by Crippen LogP contribution is 1.96. The molecule has 0 radical (unpaired) electrons. The highest BCUT2D eigenvalue weighted by atomic mass is 15.2. The minimum absolute atomic E-state index is 1.23. The van der Waals surface area contributed by atoms with Gasteiger partial charge >= 0.3 is 0 Å². The second-order valence-corrected chi connectivity index (χ2v) is 3.67. The van der Waals surface area contributed by atoms with Crippen molar-refractivity contribution in [3.05, 3.63) is 0 Å². The molecule has 1 saturated heterocycles. The Kier molecular flexibility index (Phi) is 44.4. The first kappa shape index (κ1) is 26.5. The molecule has 0 N–H and O–H groups in total. The molecule has 0 spiro atoms. The largest absolute Gasteiger partial charge is 0.305 e. The molecule has 0 aromatic carbocycles. The van der Waals surface area contributed by atoms with Crippen molar-refractivity contribution in [3.8, 4) is 0 Å². The second-order valence-electron chi connectivity index (χ2n) is 3.67. The fraction of sp³-hybridized carbons (Fsp3) is 1.00. The molecule has 0 aromatic rings. The van der Waals surface area contributed by atoms with Crippen LogP contribution in [0.5, 0.6) is 0 Å². The van der Waals surface area contributed by atoms with E-state index >= 15 is 0 Å². The van der Waals surface area contributed by atoms with Gasteiger partial charge in [-0.15, -0.1) is 0 Å². The minimum Gasteiger partial charge on any atom is -0.305 e. The van der Waals surface area contributed by atoms with Gasteiger partial charge in [-0.1, -0.05) is 61.8 Å². The van der Waals surface area contributed by atoms with Gasteiger partial charge in [-0.2, -0.15) is 0 Å². The number of nitrogens with zero attached hydrogens (tertiary/aromatic N) is 2. The third kappa shape index (κ3) is 29.7. The smallest absolute Gasteiger partial charge is 0.0106 e. The molecule has 0 amide bonds. The highest BCUT2D eigenvalue weighted by Gasteiger charge is 2.06. The molecule has 18 heavy (non-hydrogen) atoms. The molecular formula is C16H42N2. The van der Waals surface area contributed by atoms with E-state index in [1.165, 1.54) is 39.0 Å². The SMILES string of the molecule is CC.CC.CC.CCC.CN1CCCN(C)CC1. The van der Waals surface area contributed by atoms with Crippen molar-refractivity contribution in [2.24, 2.45) is 0 Å². The van der Waals surface area contributed by atoms with Crippen LogP contribution < -0.4 is 0 Å². The molecule has 2 nitrogen and oxygen atoms in total. The predicted octanol–water partition coefficient (Wildman–Crippen LogP) is 4.75. The third-order valence-corrected chi connectivity index (χ3v) is 1.94. The zero-order chi connectivity index (χ0) is 15.4. The van der Waals surface area contributed by atoms with E-state index in [-0.39, 0.29) is 0 Å². The molecule has 0 saturated carbocycles. The minimum atomic E-state index is 1.23. The van der Waals surface area contributed by atoms with E-state index in [4.69, 9.17) is 0 Å². The summed E-state index contributed by atoms with van der Waals surface area (Å²) in [5.41, 5.74) is 0. The number of rotatable bonds is 0. The normalized spacial score (nSPS) is 15.0. The lowest BCUT2D eigenvalue weighted by molar-refractivity contribution is 0.320. The molecule has 0 unspecified atom stereocenters. The summed E-state index contributed by atoms with van der Waals surface area (Å²) in [7, 11) is 4.39. The van der Waals surface area contributed by atoms with E-state index < -0.39 is 0 Å². The molecular weight excluding hydrogens is 220 g/mol. The summed E-state index contributed by atoms with van der Waals surface area (Å²) in [6, 6.07) is 0. The summed E-state index contributed by atoms with van der Waals surface area (Å²) >= 11 is 0. The molecule has 0 aliphatic carbocycles. The van der Waals surface area contributed by atoms with Crippen LogP contribution in [0.4, 0.5) is 0 Å². The second kappa shape index (κ2) is 30.2. The van der Waals surface area contributed by atoms with Gasteiger partial charge in [0, 0.05) is 13.1 Å². The Morgan fingerprint density at radius 3 is 1.06 bits per heavy atom. The topological polar surface area (TPSA) is 6.48 Å². The average Bonchev–Trinajstić information content (AvgIpc) is 2.62. The van der Waals surface area contributed by atoms with Gasteiger partial charge in [-0.05, 0) is 33.6 Å². The van der Waals surface area contributed by atoms with Crippen LogP contribution in [0.1, 0.15) is 68.2 Å². The summed E-state index contributed by atoms with van der Waals surface area (Å²) in [6.07, 6.45) is 2.58. The van der Waals surface area contributed by atoms with Gasteiger partial charge < -0.3 is 9.80 Å². The van der Waals surface area contributed by atoms with Crippen LogP contribution in [0.3, 0.4) is 0 Å². The third-order valence-electron chi connectivity index (χ3n) is 1.94. The first-order valence-electron chi connectivity index (χ1n) is 8.07. The number of hydrogen-bond acceptors (Lipinski definition) is 2. The van der Waals surface area contributed by atoms with Crippen LogP contribution in [0.15, 0.2) is 0 Å².